The van der Waals surface area contributed by atoms with Crippen LogP contribution < -0.4 is 5.32 Å². The van der Waals surface area contributed by atoms with Gasteiger partial charge in [0.1, 0.15) is 6.04 Å². The lowest BCUT2D eigenvalue weighted by molar-refractivity contribution is -0.135. The lowest BCUT2D eigenvalue weighted by Crippen LogP contribution is -2.51. The smallest absolute Gasteiger partial charge is 0.408 e. The second kappa shape index (κ2) is 7.79. The molecule has 1 fully saturated rings. The van der Waals surface area contributed by atoms with Gasteiger partial charge in [0.2, 0.25) is 5.91 Å². The van der Waals surface area contributed by atoms with Crippen LogP contribution in [0.4, 0.5) is 4.79 Å². The Morgan fingerprint density at radius 2 is 1.82 bits per heavy atom. The molecule has 0 aliphatic carbocycles. The SMILES string of the molecule is CCOC(=O)N[C@H](C(=O)N1CCN(C)CC1)c1ccccc1. The van der Waals surface area contributed by atoms with E-state index in [-0.39, 0.29) is 12.5 Å². The maximum absolute atomic E-state index is 12.8. The van der Waals surface area contributed by atoms with Crippen LogP contribution in [-0.4, -0.2) is 61.6 Å². The predicted octanol–water partition coefficient (Wildman–Crippen LogP) is 1.25. The Bertz CT molecular complexity index is 499. The quantitative estimate of drug-likeness (QED) is 0.909. The van der Waals surface area contributed by atoms with Crippen LogP contribution in [0.25, 0.3) is 0 Å². The number of amides is 2. The van der Waals surface area contributed by atoms with Gasteiger partial charge < -0.3 is 19.9 Å². The van der Waals surface area contributed by atoms with Crippen molar-refractivity contribution in [2.75, 3.05) is 39.8 Å². The number of rotatable bonds is 4. The van der Waals surface area contributed by atoms with E-state index >= 15 is 0 Å². The highest BCUT2D eigenvalue weighted by atomic mass is 16.5. The maximum Gasteiger partial charge on any atom is 0.408 e. The first-order valence-corrected chi connectivity index (χ1v) is 7.57. The number of carbonyl (C=O) groups is 2. The third-order valence-corrected chi connectivity index (χ3v) is 3.73. The Kier molecular flexibility index (Phi) is 5.77. The Balaban J connectivity index is 2.13. The molecular weight excluding hydrogens is 282 g/mol. The van der Waals surface area contributed by atoms with Crippen molar-refractivity contribution in [1.29, 1.82) is 0 Å². The summed E-state index contributed by atoms with van der Waals surface area (Å²) >= 11 is 0. The number of alkyl carbamates (subject to hydrolysis) is 1. The van der Waals surface area contributed by atoms with Crippen molar-refractivity contribution < 1.29 is 14.3 Å². The minimum absolute atomic E-state index is 0.0904. The minimum atomic E-state index is -0.705. The van der Waals surface area contributed by atoms with Crippen LogP contribution in [0.15, 0.2) is 30.3 Å². The number of likely N-dealkylation sites (N-methyl/N-ethyl adjacent to an activating group) is 1. The average molecular weight is 305 g/mol. The lowest BCUT2D eigenvalue weighted by Gasteiger charge is -2.34. The molecule has 1 saturated heterocycles. The molecule has 0 saturated carbocycles. The molecule has 1 N–H and O–H groups in total. The van der Waals surface area contributed by atoms with Gasteiger partial charge in [-0.1, -0.05) is 30.3 Å². The van der Waals surface area contributed by atoms with Crippen molar-refractivity contribution in [3.05, 3.63) is 35.9 Å². The molecule has 1 aliphatic heterocycles. The molecule has 2 rings (SSSR count). The minimum Gasteiger partial charge on any atom is -0.450 e. The van der Waals surface area contributed by atoms with E-state index in [0.29, 0.717) is 13.1 Å². The zero-order valence-corrected chi connectivity index (χ0v) is 13.1. The van der Waals surface area contributed by atoms with Gasteiger partial charge in [0.15, 0.2) is 0 Å². The number of hydrogen-bond acceptors (Lipinski definition) is 4. The van der Waals surface area contributed by atoms with E-state index in [1.54, 1.807) is 11.8 Å². The fourth-order valence-electron chi connectivity index (χ4n) is 2.43. The summed E-state index contributed by atoms with van der Waals surface area (Å²) in [6.45, 7) is 5.03. The second-order valence-electron chi connectivity index (χ2n) is 5.34. The molecule has 1 aromatic rings. The second-order valence-corrected chi connectivity index (χ2v) is 5.34. The molecule has 0 bridgehead atoms. The van der Waals surface area contributed by atoms with Gasteiger partial charge in [0.25, 0.3) is 0 Å². The molecule has 0 spiro atoms. The van der Waals surface area contributed by atoms with E-state index in [9.17, 15) is 9.59 Å². The van der Waals surface area contributed by atoms with Gasteiger partial charge in [-0.2, -0.15) is 0 Å². The number of piperazine rings is 1. The first-order chi connectivity index (χ1) is 10.6. The Morgan fingerprint density at radius 1 is 1.18 bits per heavy atom. The van der Waals surface area contributed by atoms with Crippen molar-refractivity contribution in [1.82, 2.24) is 15.1 Å². The molecule has 1 aromatic carbocycles. The summed E-state index contributed by atoms with van der Waals surface area (Å²) in [7, 11) is 2.04. The van der Waals surface area contributed by atoms with Gasteiger partial charge in [0.05, 0.1) is 6.61 Å². The first-order valence-electron chi connectivity index (χ1n) is 7.57. The molecule has 120 valence electrons. The summed E-state index contributed by atoms with van der Waals surface area (Å²) in [6, 6.07) is 8.56. The fourth-order valence-corrected chi connectivity index (χ4v) is 2.43. The van der Waals surface area contributed by atoms with E-state index in [1.165, 1.54) is 0 Å². The number of nitrogens with zero attached hydrogens (tertiary/aromatic N) is 2. The van der Waals surface area contributed by atoms with Crippen molar-refractivity contribution in [2.45, 2.75) is 13.0 Å². The zero-order chi connectivity index (χ0) is 15.9. The first kappa shape index (κ1) is 16.3. The van der Waals surface area contributed by atoms with E-state index < -0.39 is 12.1 Å². The molecule has 6 nitrogen and oxygen atoms in total. The number of benzene rings is 1. The summed E-state index contributed by atoms with van der Waals surface area (Å²) in [5, 5.41) is 2.68. The molecule has 2 amide bonds. The zero-order valence-electron chi connectivity index (χ0n) is 13.1. The molecule has 0 radical (unpaired) electrons. The van der Waals surface area contributed by atoms with Crippen molar-refractivity contribution >= 4 is 12.0 Å². The van der Waals surface area contributed by atoms with E-state index in [2.05, 4.69) is 10.2 Å². The number of nitrogens with one attached hydrogen (secondary N) is 1. The molecule has 22 heavy (non-hydrogen) atoms. The predicted molar refractivity (Wildman–Crippen MR) is 83.4 cm³/mol. The topological polar surface area (TPSA) is 61.9 Å². The molecule has 1 heterocycles. The third kappa shape index (κ3) is 4.21. The lowest BCUT2D eigenvalue weighted by atomic mass is 10.1. The van der Waals surface area contributed by atoms with Crippen LogP contribution in [0.2, 0.25) is 0 Å². The Hall–Kier alpha value is -2.08. The van der Waals surface area contributed by atoms with Gasteiger partial charge in [-0.3, -0.25) is 4.79 Å². The van der Waals surface area contributed by atoms with Crippen LogP contribution in [0.5, 0.6) is 0 Å². The van der Waals surface area contributed by atoms with E-state index in [4.69, 9.17) is 4.74 Å². The number of hydrogen-bond donors (Lipinski definition) is 1. The fraction of sp³-hybridized carbons (Fsp3) is 0.500. The molecule has 6 heteroatoms. The van der Waals surface area contributed by atoms with Crippen LogP contribution in [-0.2, 0) is 9.53 Å². The Labute approximate surface area is 131 Å². The summed E-state index contributed by atoms with van der Waals surface area (Å²) in [5.74, 6) is -0.0904. The molecular formula is C16H23N3O3. The van der Waals surface area contributed by atoms with Crippen LogP contribution in [0.1, 0.15) is 18.5 Å². The molecule has 1 atom stereocenters. The van der Waals surface area contributed by atoms with E-state index in [1.807, 2.05) is 37.4 Å². The van der Waals surface area contributed by atoms with Crippen molar-refractivity contribution in [2.24, 2.45) is 0 Å². The van der Waals surface area contributed by atoms with Gasteiger partial charge in [0, 0.05) is 26.2 Å². The largest absolute Gasteiger partial charge is 0.450 e. The van der Waals surface area contributed by atoms with Crippen molar-refractivity contribution in [3.8, 4) is 0 Å². The van der Waals surface area contributed by atoms with E-state index in [0.717, 1.165) is 18.7 Å². The summed E-state index contributed by atoms with van der Waals surface area (Å²) in [4.78, 5) is 28.5. The Morgan fingerprint density at radius 3 is 2.41 bits per heavy atom. The third-order valence-electron chi connectivity index (χ3n) is 3.73. The average Bonchev–Trinajstić information content (AvgIpc) is 2.54. The highest BCUT2D eigenvalue weighted by Gasteiger charge is 2.29. The maximum atomic E-state index is 12.8. The summed E-state index contributed by atoms with van der Waals surface area (Å²) in [5.41, 5.74) is 0.763. The highest BCUT2D eigenvalue weighted by Crippen LogP contribution is 2.17. The van der Waals surface area contributed by atoms with Gasteiger partial charge >= 0.3 is 6.09 Å². The van der Waals surface area contributed by atoms with Crippen LogP contribution in [0, 0.1) is 0 Å². The highest BCUT2D eigenvalue weighted by molar-refractivity contribution is 5.87. The molecule has 0 unspecified atom stereocenters. The summed E-state index contributed by atoms with van der Waals surface area (Å²) < 4.78 is 4.92. The summed E-state index contributed by atoms with van der Waals surface area (Å²) in [6.07, 6.45) is -0.571. The number of ether oxygens (including phenoxy) is 1. The standard InChI is InChI=1S/C16H23N3O3/c1-3-22-16(21)17-14(13-7-5-4-6-8-13)15(20)19-11-9-18(2)10-12-19/h4-8,14H,3,9-12H2,1-2H3,(H,17,21)/t14-/m0/s1. The monoisotopic (exact) mass is 305 g/mol. The number of carbonyl (C=O) groups excluding carboxylic acids is 2. The molecule has 0 aromatic heterocycles. The van der Waals surface area contributed by atoms with Gasteiger partial charge in [-0.15, -0.1) is 0 Å². The molecule has 1 aliphatic rings. The van der Waals surface area contributed by atoms with Crippen LogP contribution in [0.3, 0.4) is 0 Å². The van der Waals surface area contributed by atoms with Gasteiger partial charge in [-0.05, 0) is 19.5 Å². The van der Waals surface area contributed by atoms with Gasteiger partial charge in [-0.25, -0.2) is 4.79 Å². The van der Waals surface area contributed by atoms with Crippen LogP contribution >= 0.6 is 0 Å². The normalized spacial score (nSPS) is 16.9. The van der Waals surface area contributed by atoms with Crippen molar-refractivity contribution in [3.63, 3.8) is 0 Å².